The van der Waals surface area contributed by atoms with Crippen molar-refractivity contribution >= 4 is 23.9 Å². The highest BCUT2D eigenvalue weighted by Gasteiger charge is 2.14. The molecule has 2 aromatic rings. The summed E-state index contributed by atoms with van der Waals surface area (Å²) in [5.41, 5.74) is 1.05. The molecule has 140 valence electrons. The molecular formula is C20H20N2O5. The van der Waals surface area contributed by atoms with Gasteiger partial charge in [-0.3, -0.25) is 14.4 Å². The van der Waals surface area contributed by atoms with E-state index in [1.165, 1.54) is 13.0 Å². The Hall–Kier alpha value is -3.45. The Morgan fingerprint density at radius 2 is 1.70 bits per heavy atom. The number of aliphatic hydroxyl groups excluding tert-OH is 1. The van der Waals surface area contributed by atoms with Crippen molar-refractivity contribution in [1.82, 2.24) is 10.6 Å². The second-order valence-corrected chi connectivity index (χ2v) is 5.52. The molecule has 0 bridgehead atoms. The largest absolute Gasteiger partial charge is 0.427 e. The fourth-order valence-corrected chi connectivity index (χ4v) is 2.17. The van der Waals surface area contributed by atoms with E-state index in [-0.39, 0.29) is 18.8 Å². The molecule has 0 aromatic heterocycles. The average molecular weight is 368 g/mol. The first-order valence-electron chi connectivity index (χ1n) is 8.25. The third-order valence-corrected chi connectivity index (χ3v) is 3.38. The van der Waals surface area contributed by atoms with E-state index in [0.29, 0.717) is 16.9 Å². The molecule has 0 heterocycles. The highest BCUT2D eigenvalue weighted by molar-refractivity contribution is 6.05. The molecule has 7 heteroatoms. The van der Waals surface area contributed by atoms with E-state index in [0.717, 1.165) is 0 Å². The highest BCUT2D eigenvalue weighted by atomic mass is 16.5. The molecule has 0 radical (unpaired) electrons. The molecular weight excluding hydrogens is 348 g/mol. The van der Waals surface area contributed by atoms with E-state index in [4.69, 9.17) is 9.84 Å². The van der Waals surface area contributed by atoms with Crippen molar-refractivity contribution in [2.75, 3.05) is 13.2 Å². The number of esters is 1. The number of hydrogen-bond donors (Lipinski definition) is 3. The van der Waals surface area contributed by atoms with Crippen molar-refractivity contribution in [2.45, 2.75) is 6.92 Å². The number of hydrogen-bond acceptors (Lipinski definition) is 5. The lowest BCUT2D eigenvalue weighted by atomic mass is 10.1. The van der Waals surface area contributed by atoms with Crippen LogP contribution in [0.5, 0.6) is 5.75 Å². The number of ether oxygens (including phenoxy) is 1. The number of amides is 2. The topological polar surface area (TPSA) is 105 Å². The second kappa shape index (κ2) is 9.88. The first kappa shape index (κ1) is 19.9. The minimum absolute atomic E-state index is 0.0255. The van der Waals surface area contributed by atoms with Crippen LogP contribution in [0.3, 0.4) is 0 Å². The van der Waals surface area contributed by atoms with Gasteiger partial charge in [-0.1, -0.05) is 30.3 Å². The Morgan fingerprint density at radius 3 is 2.30 bits per heavy atom. The minimum atomic E-state index is -0.530. The standard InChI is InChI=1S/C20H20N2O5/c1-14(24)27-17-9-7-15(8-10-17)13-18(20(26)21-11-12-23)22-19(25)16-5-3-2-4-6-16/h2-10,13,23H,11-12H2,1H3,(H,21,26)(H,22,25). The van der Waals surface area contributed by atoms with Crippen LogP contribution in [-0.4, -0.2) is 36.0 Å². The predicted molar refractivity (Wildman–Crippen MR) is 99.7 cm³/mol. The van der Waals surface area contributed by atoms with Gasteiger partial charge in [-0.25, -0.2) is 0 Å². The highest BCUT2D eigenvalue weighted by Crippen LogP contribution is 2.14. The summed E-state index contributed by atoms with van der Waals surface area (Å²) in [5, 5.41) is 14.0. The van der Waals surface area contributed by atoms with E-state index in [9.17, 15) is 14.4 Å². The van der Waals surface area contributed by atoms with Gasteiger partial charge in [-0.2, -0.15) is 0 Å². The molecule has 0 saturated carbocycles. The van der Waals surface area contributed by atoms with Crippen molar-refractivity contribution < 1.29 is 24.2 Å². The van der Waals surface area contributed by atoms with Crippen LogP contribution in [0.2, 0.25) is 0 Å². The summed E-state index contributed by atoms with van der Waals surface area (Å²) in [7, 11) is 0. The number of carbonyl (C=O) groups excluding carboxylic acids is 3. The Balaban J connectivity index is 2.23. The summed E-state index contributed by atoms with van der Waals surface area (Å²) in [6.45, 7) is 1.14. The molecule has 3 N–H and O–H groups in total. The first-order valence-corrected chi connectivity index (χ1v) is 8.25. The summed E-state index contributed by atoms with van der Waals surface area (Å²) >= 11 is 0. The van der Waals surface area contributed by atoms with Crippen LogP contribution in [0.15, 0.2) is 60.3 Å². The molecule has 2 aromatic carbocycles. The van der Waals surface area contributed by atoms with E-state index < -0.39 is 17.8 Å². The normalized spacial score (nSPS) is 10.8. The zero-order chi connectivity index (χ0) is 19.6. The second-order valence-electron chi connectivity index (χ2n) is 5.52. The van der Waals surface area contributed by atoms with Crippen LogP contribution in [0, 0.1) is 0 Å². The maximum atomic E-state index is 12.4. The predicted octanol–water partition coefficient (Wildman–Crippen LogP) is 1.49. The molecule has 0 aliphatic carbocycles. The van der Waals surface area contributed by atoms with Crippen molar-refractivity contribution in [2.24, 2.45) is 0 Å². The molecule has 0 unspecified atom stereocenters. The van der Waals surface area contributed by atoms with Crippen LogP contribution >= 0.6 is 0 Å². The van der Waals surface area contributed by atoms with Gasteiger partial charge < -0.3 is 20.5 Å². The van der Waals surface area contributed by atoms with Gasteiger partial charge >= 0.3 is 5.97 Å². The number of aliphatic hydroxyl groups is 1. The third-order valence-electron chi connectivity index (χ3n) is 3.38. The maximum absolute atomic E-state index is 12.4. The monoisotopic (exact) mass is 368 g/mol. The zero-order valence-corrected chi connectivity index (χ0v) is 14.8. The van der Waals surface area contributed by atoms with Crippen molar-refractivity contribution in [1.29, 1.82) is 0 Å². The van der Waals surface area contributed by atoms with E-state index in [1.54, 1.807) is 54.6 Å². The number of rotatable bonds is 7. The number of benzene rings is 2. The lowest BCUT2D eigenvalue weighted by molar-refractivity contribution is -0.131. The van der Waals surface area contributed by atoms with Gasteiger partial charge in [-0.05, 0) is 35.9 Å². The van der Waals surface area contributed by atoms with Crippen LogP contribution in [0.1, 0.15) is 22.8 Å². The zero-order valence-electron chi connectivity index (χ0n) is 14.8. The Bertz CT molecular complexity index is 829. The summed E-state index contributed by atoms with van der Waals surface area (Å²) in [4.78, 5) is 35.6. The average Bonchev–Trinajstić information content (AvgIpc) is 2.67. The molecule has 0 fully saturated rings. The molecule has 27 heavy (non-hydrogen) atoms. The fraction of sp³-hybridized carbons (Fsp3) is 0.150. The molecule has 2 amide bonds. The van der Waals surface area contributed by atoms with Crippen molar-refractivity contribution in [3.63, 3.8) is 0 Å². The van der Waals surface area contributed by atoms with E-state index >= 15 is 0 Å². The quantitative estimate of drug-likeness (QED) is 0.390. The van der Waals surface area contributed by atoms with E-state index in [2.05, 4.69) is 10.6 Å². The molecule has 0 saturated heterocycles. The maximum Gasteiger partial charge on any atom is 0.308 e. The summed E-state index contributed by atoms with van der Waals surface area (Å²) in [5.74, 6) is -1.02. The van der Waals surface area contributed by atoms with Gasteiger partial charge in [0.15, 0.2) is 0 Å². The Labute approximate surface area is 156 Å². The first-order chi connectivity index (χ1) is 13.0. The van der Waals surface area contributed by atoms with Gasteiger partial charge in [0.25, 0.3) is 11.8 Å². The molecule has 7 nitrogen and oxygen atoms in total. The fourth-order valence-electron chi connectivity index (χ4n) is 2.17. The van der Waals surface area contributed by atoms with Gasteiger partial charge in [0.1, 0.15) is 11.4 Å². The molecule has 2 rings (SSSR count). The number of nitrogens with one attached hydrogen (secondary N) is 2. The lowest BCUT2D eigenvalue weighted by Crippen LogP contribution is -2.36. The lowest BCUT2D eigenvalue weighted by Gasteiger charge is -2.11. The summed E-state index contributed by atoms with van der Waals surface area (Å²) < 4.78 is 4.96. The molecule has 0 aliphatic rings. The molecule has 0 aliphatic heterocycles. The van der Waals surface area contributed by atoms with Gasteiger partial charge in [0, 0.05) is 19.0 Å². The molecule has 0 spiro atoms. The van der Waals surface area contributed by atoms with Gasteiger partial charge in [-0.15, -0.1) is 0 Å². The van der Waals surface area contributed by atoms with Gasteiger partial charge in [0.05, 0.1) is 6.61 Å². The number of carbonyl (C=O) groups is 3. The van der Waals surface area contributed by atoms with Crippen LogP contribution in [-0.2, 0) is 9.59 Å². The van der Waals surface area contributed by atoms with Crippen molar-refractivity contribution in [3.8, 4) is 5.75 Å². The van der Waals surface area contributed by atoms with Gasteiger partial charge in [0.2, 0.25) is 0 Å². The third kappa shape index (κ3) is 6.41. The van der Waals surface area contributed by atoms with Crippen LogP contribution in [0.25, 0.3) is 6.08 Å². The summed E-state index contributed by atoms with van der Waals surface area (Å²) in [6.07, 6.45) is 1.49. The SMILES string of the molecule is CC(=O)Oc1ccc(C=C(NC(=O)c2ccccc2)C(=O)NCCO)cc1. The van der Waals surface area contributed by atoms with Crippen LogP contribution in [0.4, 0.5) is 0 Å². The smallest absolute Gasteiger partial charge is 0.308 e. The van der Waals surface area contributed by atoms with Crippen molar-refractivity contribution in [3.05, 3.63) is 71.4 Å². The van der Waals surface area contributed by atoms with Crippen LogP contribution < -0.4 is 15.4 Å². The summed E-state index contributed by atoms with van der Waals surface area (Å²) in [6, 6.07) is 14.9. The molecule has 0 atom stereocenters. The van der Waals surface area contributed by atoms with E-state index in [1.807, 2.05) is 0 Å². The Kier molecular flexibility index (Phi) is 7.27. The Morgan fingerprint density at radius 1 is 1.04 bits per heavy atom. The minimum Gasteiger partial charge on any atom is -0.427 e.